The molecule has 2 atom stereocenters. The Morgan fingerprint density at radius 2 is 1.12 bits per heavy atom. The molecule has 0 bridgehead atoms. The first kappa shape index (κ1) is 16.4. The van der Waals surface area contributed by atoms with E-state index in [0.29, 0.717) is 0 Å². The molecular weight excluding hydrogens is 216 g/mol. The van der Waals surface area contributed by atoms with Gasteiger partial charge in [0.1, 0.15) is 11.2 Å². The second-order valence-electron chi connectivity index (χ2n) is 5.47. The zero-order valence-electron chi connectivity index (χ0n) is 11.9. The van der Waals surface area contributed by atoms with Crippen LogP contribution in [0.4, 0.5) is 0 Å². The minimum atomic E-state index is -1.03. The van der Waals surface area contributed by atoms with E-state index in [4.69, 9.17) is 0 Å². The molecule has 0 aromatic heterocycles. The average molecular weight is 242 g/mol. The topological polar surface area (TPSA) is 53.0 Å². The molecular formula is C14H26O3. The highest BCUT2D eigenvalue weighted by Crippen LogP contribution is 2.18. The minimum absolute atomic E-state index is 0.0537. The van der Waals surface area contributed by atoms with Gasteiger partial charge in [0.15, 0.2) is 0 Å². The molecule has 3 heteroatoms. The van der Waals surface area contributed by atoms with Gasteiger partial charge in [-0.1, -0.05) is 39.5 Å². The van der Waals surface area contributed by atoms with Crippen LogP contribution >= 0.6 is 0 Å². The summed E-state index contributed by atoms with van der Waals surface area (Å²) in [6.07, 6.45) is 0. The van der Waals surface area contributed by atoms with Crippen LogP contribution in [0.15, 0.2) is 0 Å². The van der Waals surface area contributed by atoms with Crippen LogP contribution in [-0.4, -0.2) is 34.6 Å². The van der Waals surface area contributed by atoms with Crippen molar-refractivity contribution in [1.82, 2.24) is 0 Å². The van der Waals surface area contributed by atoms with Gasteiger partial charge in [0.05, 0.1) is 13.2 Å². The van der Waals surface area contributed by atoms with Crippen molar-refractivity contribution in [2.24, 2.45) is 11.8 Å². The van der Waals surface area contributed by atoms with Gasteiger partial charge < -0.3 is 14.9 Å². The van der Waals surface area contributed by atoms with E-state index in [0.717, 1.165) is 13.2 Å². The van der Waals surface area contributed by atoms with E-state index in [9.17, 15) is 10.2 Å². The molecule has 1 fully saturated rings. The SMILES string of the molecule is C1CO1.CC(C)C(C)(O)C#CC(C)(O)C(C)C. The first-order valence-corrected chi connectivity index (χ1v) is 6.16. The molecule has 0 saturated carbocycles. The van der Waals surface area contributed by atoms with Gasteiger partial charge in [0.2, 0.25) is 0 Å². The Balaban J connectivity index is 0.000000728. The van der Waals surface area contributed by atoms with E-state index in [1.807, 2.05) is 27.7 Å². The summed E-state index contributed by atoms with van der Waals surface area (Å²) >= 11 is 0. The van der Waals surface area contributed by atoms with E-state index in [1.54, 1.807) is 13.8 Å². The summed E-state index contributed by atoms with van der Waals surface area (Å²) in [6, 6.07) is 0. The lowest BCUT2D eigenvalue weighted by Gasteiger charge is -2.24. The van der Waals surface area contributed by atoms with Crippen molar-refractivity contribution in [3.05, 3.63) is 0 Å². The first-order valence-electron chi connectivity index (χ1n) is 6.16. The number of rotatable bonds is 2. The van der Waals surface area contributed by atoms with Crippen molar-refractivity contribution in [3.63, 3.8) is 0 Å². The monoisotopic (exact) mass is 242 g/mol. The molecule has 1 rings (SSSR count). The Hall–Kier alpha value is -0.560. The van der Waals surface area contributed by atoms with E-state index < -0.39 is 11.2 Å². The molecule has 2 unspecified atom stereocenters. The molecule has 17 heavy (non-hydrogen) atoms. The van der Waals surface area contributed by atoms with Crippen molar-refractivity contribution in [1.29, 1.82) is 0 Å². The number of aliphatic hydroxyl groups is 2. The lowest BCUT2D eigenvalue weighted by atomic mass is 9.89. The van der Waals surface area contributed by atoms with E-state index in [-0.39, 0.29) is 11.8 Å². The molecule has 100 valence electrons. The zero-order valence-corrected chi connectivity index (χ0v) is 11.9. The third-order valence-corrected chi connectivity index (χ3v) is 3.02. The van der Waals surface area contributed by atoms with E-state index in [1.165, 1.54) is 0 Å². The maximum Gasteiger partial charge on any atom is 0.125 e. The summed E-state index contributed by atoms with van der Waals surface area (Å²) in [7, 11) is 0. The number of hydrogen-bond acceptors (Lipinski definition) is 3. The van der Waals surface area contributed by atoms with Crippen molar-refractivity contribution in [2.45, 2.75) is 52.7 Å². The quantitative estimate of drug-likeness (QED) is 0.573. The Morgan fingerprint density at radius 1 is 0.882 bits per heavy atom. The molecule has 2 N–H and O–H groups in total. The summed E-state index contributed by atoms with van der Waals surface area (Å²) in [5.41, 5.74) is -2.06. The van der Waals surface area contributed by atoms with Crippen molar-refractivity contribution in [3.8, 4) is 11.8 Å². The second-order valence-corrected chi connectivity index (χ2v) is 5.47. The molecule has 1 saturated heterocycles. The Morgan fingerprint density at radius 3 is 1.24 bits per heavy atom. The fourth-order valence-corrected chi connectivity index (χ4v) is 0.542. The second kappa shape index (κ2) is 6.39. The van der Waals surface area contributed by atoms with Crippen LogP contribution in [0.25, 0.3) is 0 Å². The molecule has 0 aliphatic carbocycles. The summed E-state index contributed by atoms with van der Waals surface area (Å²) in [5, 5.41) is 19.7. The lowest BCUT2D eigenvalue weighted by molar-refractivity contribution is 0.0611. The molecule has 1 aliphatic rings. The summed E-state index contributed by atoms with van der Waals surface area (Å²) in [5.74, 6) is 5.58. The van der Waals surface area contributed by atoms with Gasteiger partial charge in [0, 0.05) is 0 Å². The predicted octanol–water partition coefficient (Wildman–Crippen LogP) is 1.82. The van der Waals surface area contributed by atoms with Crippen LogP contribution in [0.1, 0.15) is 41.5 Å². The van der Waals surface area contributed by atoms with Gasteiger partial charge >= 0.3 is 0 Å². The Kier molecular flexibility index (Phi) is 6.18. The van der Waals surface area contributed by atoms with E-state index >= 15 is 0 Å². The fraction of sp³-hybridized carbons (Fsp3) is 0.857. The Bertz CT molecular complexity index is 251. The third-order valence-electron chi connectivity index (χ3n) is 3.02. The van der Waals surface area contributed by atoms with Gasteiger partial charge in [-0.15, -0.1) is 0 Å². The van der Waals surface area contributed by atoms with E-state index in [2.05, 4.69) is 16.6 Å². The van der Waals surface area contributed by atoms with Gasteiger partial charge in [-0.05, 0) is 25.7 Å². The molecule has 1 heterocycles. The van der Waals surface area contributed by atoms with Crippen LogP contribution in [0.3, 0.4) is 0 Å². The molecule has 1 aliphatic heterocycles. The summed E-state index contributed by atoms with van der Waals surface area (Å²) in [4.78, 5) is 0. The molecule has 0 aromatic carbocycles. The highest BCUT2D eigenvalue weighted by Gasteiger charge is 2.25. The molecule has 0 spiro atoms. The van der Waals surface area contributed by atoms with Gasteiger partial charge in [-0.3, -0.25) is 0 Å². The number of hydrogen-bond donors (Lipinski definition) is 2. The third kappa shape index (κ3) is 7.38. The van der Waals surface area contributed by atoms with Crippen LogP contribution < -0.4 is 0 Å². The standard InChI is InChI=1S/C12H22O2.C2H4O/c1-9(2)11(5,13)7-8-12(6,14)10(3)4;1-2-3-1/h9-10,13-14H,1-6H3;1-2H2. The van der Waals surface area contributed by atoms with Crippen LogP contribution in [0.2, 0.25) is 0 Å². The smallest absolute Gasteiger partial charge is 0.125 e. The molecule has 0 amide bonds. The molecule has 0 aromatic rings. The van der Waals surface area contributed by atoms with Gasteiger partial charge in [0.25, 0.3) is 0 Å². The molecule has 3 nitrogen and oxygen atoms in total. The van der Waals surface area contributed by atoms with Crippen molar-refractivity contribution >= 4 is 0 Å². The highest BCUT2D eigenvalue weighted by molar-refractivity contribution is 5.20. The maximum atomic E-state index is 9.85. The van der Waals surface area contributed by atoms with Crippen molar-refractivity contribution < 1.29 is 14.9 Å². The molecule has 0 radical (unpaired) electrons. The van der Waals surface area contributed by atoms with Crippen molar-refractivity contribution in [2.75, 3.05) is 13.2 Å². The predicted molar refractivity (Wildman–Crippen MR) is 69.5 cm³/mol. The zero-order chi connectivity index (χ0) is 13.7. The lowest BCUT2D eigenvalue weighted by Crippen LogP contribution is -2.33. The largest absolute Gasteiger partial charge is 0.378 e. The van der Waals surface area contributed by atoms with Gasteiger partial charge in [-0.25, -0.2) is 0 Å². The van der Waals surface area contributed by atoms with Crippen LogP contribution in [0, 0.1) is 23.7 Å². The first-order chi connectivity index (χ1) is 7.59. The van der Waals surface area contributed by atoms with Crippen LogP contribution in [0.5, 0.6) is 0 Å². The Labute approximate surface area is 105 Å². The average Bonchev–Trinajstić information content (AvgIpc) is 3.01. The van der Waals surface area contributed by atoms with Gasteiger partial charge in [-0.2, -0.15) is 0 Å². The fourth-order valence-electron chi connectivity index (χ4n) is 0.542. The maximum absolute atomic E-state index is 9.85. The highest BCUT2D eigenvalue weighted by atomic mass is 16.6. The summed E-state index contributed by atoms with van der Waals surface area (Å²) < 4.78 is 4.50. The van der Waals surface area contributed by atoms with Crippen LogP contribution in [-0.2, 0) is 4.74 Å². The normalized spacial score (nSPS) is 20.6. The summed E-state index contributed by atoms with van der Waals surface area (Å²) in [6.45, 7) is 12.9. The minimum Gasteiger partial charge on any atom is -0.378 e. The number of epoxide rings is 1. The number of ether oxygens (including phenoxy) is 1.